The van der Waals surface area contributed by atoms with Crippen LogP contribution in [-0.2, 0) is 9.53 Å². The van der Waals surface area contributed by atoms with Gasteiger partial charge in [-0.25, -0.2) is 0 Å². The Morgan fingerprint density at radius 3 is 2.79 bits per heavy atom. The zero-order valence-electron chi connectivity index (χ0n) is 9.06. The molecule has 0 aromatic heterocycles. The van der Waals surface area contributed by atoms with Crippen LogP contribution in [-0.4, -0.2) is 38.3 Å². The quantitative estimate of drug-likeness (QED) is 0.580. The smallest absolute Gasteiger partial charge is 0.233 e. The fraction of sp³-hybridized carbons (Fsp3) is 0.900. The highest BCUT2D eigenvalue weighted by atomic mass is 16.5. The summed E-state index contributed by atoms with van der Waals surface area (Å²) in [6.45, 7) is 3.98. The van der Waals surface area contributed by atoms with Gasteiger partial charge in [0.15, 0.2) is 0 Å². The minimum absolute atomic E-state index is 0.0780. The molecule has 0 atom stereocenters. The largest absolute Gasteiger partial charge is 0.385 e. The Balaban J connectivity index is 1.93. The molecule has 1 rings (SSSR count). The maximum absolute atomic E-state index is 11.3. The molecule has 0 saturated heterocycles. The predicted octanol–water partition coefficient (Wildman–Crippen LogP) is 0.281. The summed E-state index contributed by atoms with van der Waals surface area (Å²) < 4.78 is 4.88. The van der Waals surface area contributed by atoms with Crippen LogP contribution in [0.3, 0.4) is 0 Å². The molecule has 4 nitrogen and oxygen atoms in total. The van der Waals surface area contributed by atoms with Gasteiger partial charge in [0.05, 0.1) is 6.54 Å². The Morgan fingerprint density at radius 2 is 2.21 bits per heavy atom. The van der Waals surface area contributed by atoms with Gasteiger partial charge in [0.25, 0.3) is 0 Å². The van der Waals surface area contributed by atoms with E-state index in [4.69, 9.17) is 4.74 Å². The molecule has 2 N–H and O–H groups in total. The first kappa shape index (κ1) is 11.5. The molecule has 1 saturated carbocycles. The van der Waals surface area contributed by atoms with Gasteiger partial charge in [-0.05, 0) is 26.2 Å². The summed E-state index contributed by atoms with van der Waals surface area (Å²) in [7, 11) is 1.66. The van der Waals surface area contributed by atoms with Crippen molar-refractivity contribution >= 4 is 5.91 Å². The Labute approximate surface area is 85.4 Å². The number of hydrogen-bond acceptors (Lipinski definition) is 3. The minimum Gasteiger partial charge on any atom is -0.385 e. The minimum atomic E-state index is 0.0780. The van der Waals surface area contributed by atoms with E-state index >= 15 is 0 Å². The molecule has 4 heteroatoms. The number of amides is 1. The van der Waals surface area contributed by atoms with Crippen molar-refractivity contribution in [3.05, 3.63) is 0 Å². The van der Waals surface area contributed by atoms with Crippen molar-refractivity contribution in [2.45, 2.75) is 31.7 Å². The normalized spacial score (nSPS) is 17.9. The van der Waals surface area contributed by atoms with Gasteiger partial charge < -0.3 is 15.4 Å². The second-order valence-electron chi connectivity index (χ2n) is 4.11. The highest BCUT2D eigenvalue weighted by Crippen LogP contribution is 2.33. The summed E-state index contributed by atoms with van der Waals surface area (Å²) >= 11 is 0. The van der Waals surface area contributed by atoms with E-state index in [1.165, 1.54) is 12.8 Å². The van der Waals surface area contributed by atoms with Crippen molar-refractivity contribution in [3.63, 3.8) is 0 Å². The van der Waals surface area contributed by atoms with Gasteiger partial charge in [-0.2, -0.15) is 0 Å². The van der Waals surface area contributed by atoms with Gasteiger partial charge in [0.2, 0.25) is 5.91 Å². The van der Waals surface area contributed by atoms with Crippen LogP contribution in [0.4, 0.5) is 0 Å². The molecule has 0 heterocycles. The van der Waals surface area contributed by atoms with E-state index in [9.17, 15) is 4.79 Å². The van der Waals surface area contributed by atoms with Crippen LogP contribution >= 0.6 is 0 Å². The summed E-state index contributed by atoms with van der Waals surface area (Å²) in [5.41, 5.74) is 0.240. The highest BCUT2D eigenvalue weighted by Gasteiger charge is 2.36. The molecule has 14 heavy (non-hydrogen) atoms. The van der Waals surface area contributed by atoms with Gasteiger partial charge >= 0.3 is 0 Å². The molecule has 0 radical (unpaired) electrons. The SMILES string of the molecule is COCCCNC(=O)CNC1(C)CC1. The van der Waals surface area contributed by atoms with Crippen LogP contribution in [0.25, 0.3) is 0 Å². The topological polar surface area (TPSA) is 50.4 Å². The van der Waals surface area contributed by atoms with Crippen LogP contribution in [0, 0.1) is 0 Å². The number of nitrogens with one attached hydrogen (secondary N) is 2. The molecule has 1 amide bonds. The molecular formula is C10H20N2O2. The zero-order valence-corrected chi connectivity index (χ0v) is 9.06. The Morgan fingerprint density at radius 1 is 1.50 bits per heavy atom. The lowest BCUT2D eigenvalue weighted by Gasteiger charge is -2.10. The summed E-state index contributed by atoms with van der Waals surface area (Å²) in [5.74, 6) is 0.0780. The van der Waals surface area contributed by atoms with Crippen LogP contribution in [0.1, 0.15) is 26.2 Å². The summed E-state index contributed by atoms with van der Waals surface area (Å²) in [5, 5.41) is 6.07. The Hall–Kier alpha value is -0.610. The first-order valence-corrected chi connectivity index (χ1v) is 5.17. The van der Waals surface area contributed by atoms with Crippen molar-refractivity contribution in [1.82, 2.24) is 10.6 Å². The second-order valence-corrected chi connectivity index (χ2v) is 4.11. The molecule has 1 fully saturated rings. The lowest BCUT2D eigenvalue weighted by molar-refractivity contribution is -0.120. The third-order valence-electron chi connectivity index (χ3n) is 2.52. The molecule has 1 aliphatic rings. The van der Waals surface area contributed by atoms with Crippen molar-refractivity contribution in [2.75, 3.05) is 26.8 Å². The molecule has 0 aliphatic heterocycles. The van der Waals surface area contributed by atoms with E-state index < -0.39 is 0 Å². The van der Waals surface area contributed by atoms with Crippen molar-refractivity contribution in [3.8, 4) is 0 Å². The standard InChI is InChI=1S/C10H20N2O2/c1-10(4-5-10)12-8-9(13)11-6-3-7-14-2/h12H,3-8H2,1-2H3,(H,11,13). The first-order chi connectivity index (χ1) is 6.66. The molecular weight excluding hydrogens is 180 g/mol. The number of carbonyl (C=O) groups excluding carboxylic acids is 1. The number of methoxy groups -OCH3 is 1. The fourth-order valence-electron chi connectivity index (χ4n) is 1.16. The molecule has 0 spiro atoms. The Bertz CT molecular complexity index is 191. The van der Waals surface area contributed by atoms with Crippen molar-refractivity contribution in [2.24, 2.45) is 0 Å². The summed E-state index contributed by atoms with van der Waals surface area (Å²) in [6.07, 6.45) is 3.24. The predicted molar refractivity (Wildman–Crippen MR) is 55.1 cm³/mol. The third kappa shape index (κ3) is 4.58. The monoisotopic (exact) mass is 200 g/mol. The van der Waals surface area contributed by atoms with Crippen LogP contribution in [0.5, 0.6) is 0 Å². The van der Waals surface area contributed by atoms with E-state index in [-0.39, 0.29) is 11.4 Å². The summed E-state index contributed by atoms with van der Waals surface area (Å²) in [4.78, 5) is 11.3. The van der Waals surface area contributed by atoms with E-state index in [0.29, 0.717) is 19.7 Å². The number of carbonyl (C=O) groups is 1. The molecule has 0 bridgehead atoms. The maximum atomic E-state index is 11.3. The van der Waals surface area contributed by atoms with Gasteiger partial charge in [0, 0.05) is 25.8 Å². The van der Waals surface area contributed by atoms with E-state index in [2.05, 4.69) is 17.6 Å². The molecule has 0 unspecified atom stereocenters. The number of ether oxygens (including phenoxy) is 1. The van der Waals surface area contributed by atoms with Gasteiger partial charge in [-0.15, -0.1) is 0 Å². The van der Waals surface area contributed by atoms with E-state index in [1.54, 1.807) is 7.11 Å². The molecule has 0 aromatic carbocycles. The lowest BCUT2D eigenvalue weighted by Crippen LogP contribution is -2.39. The number of rotatable bonds is 7. The highest BCUT2D eigenvalue weighted by molar-refractivity contribution is 5.78. The van der Waals surface area contributed by atoms with Crippen LogP contribution in [0.2, 0.25) is 0 Å². The average molecular weight is 200 g/mol. The fourth-order valence-corrected chi connectivity index (χ4v) is 1.16. The molecule has 82 valence electrons. The van der Waals surface area contributed by atoms with Crippen molar-refractivity contribution in [1.29, 1.82) is 0 Å². The lowest BCUT2D eigenvalue weighted by atomic mass is 10.3. The molecule has 0 aromatic rings. The van der Waals surface area contributed by atoms with Gasteiger partial charge in [-0.1, -0.05) is 0 Å². The number of hydrogen-bond donors (Lipinski definition) is 2. The van der Waals surface area contributed by atoms with Crippen molar-refractivity contribution < 1.29 is 9.53 Å². The maximum Gasteiger partial charge on any atom is 0.233 e. The first-order valence-electron chi connectivity index (χ1n) is 5.17. The Kier molecular flexibility index (Phi) is 4.35. The van der Waals surface area contributed by atoms with E-state index in [0.717, 1.165) is 6.42 Å². The van der Waals surface area contributed by atoms with E-state index in [1.807, 2.05) is 0 Å². The second kappa shape index (κ2) is 5.32. The zero-order chi connectivity index (χ0) is 10.4. The molecule has 1 aliphatic carbocycles. The summed E-state index contributed by atoms with van der Waals surface area (Å²) in [6, 6.07) is 0. The van der Waals surface area contributed by atoms with Gasteiger partial charge in [0.1, 0.15) is 0 Å². The van der Waals surface area contributed by atoms with Gasteiger partial charge in [-0.3, -0.25) is 4.79 Å². The van der Waals surface area contributed by atoms with Crippen LogP contribution < -0.4 is 10.6 Å². The average Bonchev–Trinajstić information content (AvgIpc) is 2.89. The van der Waals surface area contributed by atoms with Crippen LogP contribution in [0.15, 0.2) is 0 Å². The third-order valence-corrected chi connectivity index (χ3v) is 2.52.